The zero-order chi connectivity index (χ0) is 39.6. The van der Waals surface area contributed by atoms with Crippen molar-refractivity contribution in [2.75, 3.05) is 46.1 Å². The number of aliphatic hydroxyl groups excluding tert-OH is 2. The third kappa shape index (κ3) is 36.0. The Hall–Kier alpha value is -1.71. The van der Waals surface area contributed by atoms with Crippen LogP contribution in [0.25, 0.3) is 0 Å². The molecule has 1 unspecified atom stereocenters. The van der Waals surface area contributed by atoms with E-state index in [1.807, 2.05) is 0 Å². The van der Waals surface area contributed by atoms with E-state index in [1.54, 1.807) is 0 Å². The number of unbranched alkanes of at least 4 members (excludes halogenated alkanes) is 28. The summed E-state index contributed by atoms with van der Waals surface area (Å²) in [6.07, 6.45) is 38.8. The van der Waals surface area contributed by atoms with E-state index in [-0.39, 0.29) is 57.3 Å². The lowest BCUT2D eigenvalue weighted by molar-refractivity contribution is -0.148. The Bertz CT molecular complexity index is 776. The number of carbonyl (C=O) groups is 3. The van der Waals surface area contributed by atoms with Gasteiger partial charge in [0.25, 0.3) is 0 Å². The number of carbonyl (C=O) groups excluding carboxylic acids is 3. The zero-order valence-corrected chi connectivity index (χ0v) is 35.5. The molecule has 0 saturated heterocycles. The molecule has 0 radical (unpaired) electrons. The highest BCUT2D eigenvalue weighted by atomic mass is 16.5. The van der Waals surface area contributed by atoms with E-state index in [1.165, 1.54) is 159 Å². The monoisotopic (exact) mass is 769 g/mol. The van der Waals surface area contributed by atoms with Crippen LogP contribution >= 0.6 is 0 Å². The van der Waals surface area contributed by atoms with Crippen LogP contribution in [0.2, 0.25) is 0 Å². The highest BCUT2D eigenvalue weighted by Gasteiger charge is 2.24. The van der Waals surface area contributed by atoms with Crippen LogP contribution in [0.15, 0.2) is 0 Å². The van der Waals surface area contributed by atoms with Crippen molar-refractivity contribution in [1.82, 2.24) is 10.2 Å². The Kier molecular flexibility index (Phi) is 41.1. The smallest absolute Gasteiger partial charge is 0.305 e. The van der Waals surface area contributed by atoms with Crippen molar-refractivity contribution in [1.29, 1.82) is 0 Å². The van der Waals surface area contributed by atoms with Crippen LogP contribution in [0.5, 0.6) is 0 Å². The van der Waals surface area contributed by atoms with Gasteiger partial charge in [0.15, 0.2) is 0 Å². The van der Waals surface area contributed by atoms with Crippen molar-refractivity contribution >= 4 is 17.8 Å². The van der Waals surface area contributed by atoms with Gasteiger partial charge in [-0.05, 0) is 12.8 Å². The Morgan fingerprint density at radius 1 is 0.481 bits per heavy atom. The first-order chi connectivity index (χ1) is 26.5. The number of rotatable bonds is 43. The summed E-state index contributed by atoms with van der Waals surface area (Å²) in [5.74, 6) is -0.934. The average Bonchev–Trinajstić information content (AvgIpc) is 3.17. The molecule has 320 valence electrons. The Morgan fingerprint density at radius 2 is 0.778 bits per heavy atom. The Morgan fingerprint density at radius 3 is 1.06 bits per heavy atom. The summed E-state index contributed by atoms with van der Waals surface area (Å²) in [4.78, 5) is 39.3. The molecule has 0 bridgehead atoms. The van der Waals surface area contributed by atoms with Crippen LogP contribution in [0.1, 0.15) is 219 Å². The number of hydrogen-bond acceptors (Lipinski definition) is 8. The maximum Gasteiger partial charge on any atom is 0.305 e. The number of hydrogen-bond donors (Lipinski definition) is 3. The minimum absolute atomic E-state index is 0.0362. The highest BCUT2D eigenvalue weighted by Crippen LogP contribution is 2.15. The summed E-state index contributed by atoms with van der Waals surface area (Å²) in [7, 11) is 0. The molecule has 0 aliphatic rings. The zero-order valence-electron chi connectivity index (χ0n) is 35.5. The molecular formula is C45H88N2O7. The lowest BCUT2D eigenvalue weighted by atomic mass is 10.0. The highest BCUT2D eigenvalue weighted by molar-refractivity contribution is 5.82. The third-order valence-corrected chi connectivity index (χ3v) is 10.5. The van der Waals surface area contributed by atoms with Gasteiger partial charge in [-0.3, -0.25) is 14.4 Å². The predicted octanol–water partition coefficient (Wildman–Crippen LogP) is 10.4. The molecule has 0 rings (SSSR count). The minimum Gasteiger partial charge on any atom is -0.464 e. The number of aliphatic hydroxyl groups is 2. The standard InChI is InChI=1S/C45H88N2O7/c1-3-5-7-9-11-13-15-17-19-21-23-25-27-29-31-33-43(50)53-39-36-47(45(52)42(41-49)46-35-38-48)37-40-54-44(51)34-32-30-28-26-24-22-20-18-16-14-12-10-8-6-4-2/h42,46,48-49H,3-41H2,1-2H3. The minimum atomic E-state index is -0.899. The van der Waals surface area contributed by atoms with Crippen LogP contribution in [0, 0.1) is 0 Å². The second-order valence-electron chi connectivity index (χ2n) is 15.6. The fraction of sp³-hybridized carbons (Fsp3) is 0.933. The van der Waals surface area contributed by atoms with E-state index in [4.69, 9.17) is 14.6 Å². The molecule has 0 fully saturated rings. The molecule has 1 atom stereocenters. The van der Waals surface area contributed by atoms with E-state index in [0.29, 0.717) is 12.8 Å². The molecule has 0 spiro atoms. The lowest BCUT2D eigenvalue weighted by Crippen LogP contribution is -2.51. The molecule has 54 heavy (non-hydrogen) atoms. The molecule has 0 saturated carbocycles. The van der Waals surface area contributed by atoms with Gasteiger partial charge in [0.05, 0.1) is 26.3 Å². The molecule has 0 aliphatic heterocycles. The number of ether oxygens (including phenoxy) is 2. The number of nitrogens with one attached hydrogen (secondary N) is 1. The largest absolute Gasteiger partial charge is 0.464 e. The van der Waals surface area contributed by atoms with Crippen LogP contribution in [0.3, 0.4) is 0 Å². The van der Waals surface area contributed by atoms with Crippen LogP contribution in [-0.4, -0.2) is 85.1 Å². The van der Waals surface area contributed by atoms with Crippen molar-refractivity contribution in [2.24, 2.45) is 0 Å². The lowest BCUT2D eigenvalue weighted by Gasteiger charge is -2.27. The average molecular weight is 769 g/mol. The summed E-state index contributed by atoms with van der Waals surface area (Å²) < 4.78 is 10.9. The van der Waals surface area contributed by atoms with Crippen molar-refractivity contribution < 1.29 is 34.1 Å². The molecule has 1 amide bonds. The summed E-state index contributed by atoms with van der Waals surface area (Å²) in [5, 5.41) is 21.8. The van der Waals surface area contributed by atoms with E-state index in [9.17, 15) is 19.5 Å². The van der Waals surface area contributed by atoms with Gasteiger partial charge in [0.2, 0.25) is 5.91 Å². The van der Waals surface area contributed by atoms with Gasteiger partial charge in [0.1, 0.15) is 19.3 Å². The Balaban J connectivity index is 4.11. The normalized spacial score (nSPS) is 11.9. The fourth-order valence-electron chi connectivity index (χ4n) is 6.99. The van der Waals surface area contributed by atoms with Crippen molar-refractivity contribution in [3.05, 3.63) is 0 Å². The van der Waals surface area contributed by atoms with Gasteiger partial charge in [0, 0.05) is 19.4 Å². The van der Waals surface area contributed by atoms with E-state index in [0.717, 1.165) is 38.5 Å². The number of amides is 1. The molecule has 3 N–H and O–H groups in total. The summed E-state index contributed by atoms with van der Waals surface area (Å²) in [6.45, 7) is 4.42. The van der Waals surface area contributed by atoms with Crippen LogP contribution < -0.4 is 5.32 Å². The molecule has 0 aromatic heterocycles. The van der Waals surface area contributed by atoms with Gasteiger partial charge >= 0.3 is 11.9 Å². The summed E-state index contributed by atoms with van der Waals surface area (Å²) >= 11 is 0. The number of nitrogens with zero attached hydrogens (tertiary/aromatic N) is 1. The summed E-state index contributed by atoms with van der Waals surface area (Å²) in [5.41, 5.74) is 0. The van der Waals surface area contributed by atoms with Gasteiger partial charge in [-0.1, -0.05) is 194 Å². The van der Waals surface area contributed by atoms with Gasteiger partial charge < -0.3 is 29.9 Å². The van der Waals surface area contributed by atoms with Crippen LogP contribution in [-0.2, 0) is 23.9 Å². The third-order valence-electron chi connectivity index (χ3n) is 10.5. The molecule has 9 heteroatoms. The number of esters is 2. The molecule has 9 nitrogen and oxygen atoms in total. The van der Waals surface area contributed by atoms with Crippen molar-refractivity contribution in [3.63, 3.8) is 0 Å². The Labute approximate surface area is 332 Å². The maximum absolute atomic E-state index is 13.1. The van der Waals surface area contributed by atoms with E-state index < -0.39 is 12.6 Å². The second kappa shape index (κ2) is 42.4. The second-order valence-corrected chi connectivity index (χ2v) is 15.6. The molecule has 0 aromatic carbocycles. The topological polar surface area (TPSA) is 125 Å². The quantitative estimate of drug-likeness (QED) is 0.0414. The first kappa shape index (κ1) is 52.3. The molecule has 0 aromatic rings. The maximum atomic E-state index is 13.1. The molecule has 0 heterocycles. The van der Waals surface area contributed by atoms with Gasteiger partial charge in [-0.15, -0.1) is 0 Å². The van der Waals surface area contributed by atoms with E-state index in [2.05, 4.69) is 19.2 Å². The van der Waals surface area contributed by atoms with Gasteiger partial charge in [-0.2, -0.15) is 0 Å². The molecular weight excluding hydrogens is 681 g/mol. The SMILES string of the molecule is CCCCCCCCCCCCCCCCCC(=O)OCCN(CCOC(=O)CCCCCCCCCCCCCCCCC)C(=O)C(CO)NCCO. The van der Waals surface area contributed by atoms with Crippen molar-refractivity contribution in [3.8, 4) is 0 Å². The van der Waals surface area contributed by atoms with Crippen molar-refractivity contribution in [2.45, 2.75) is 225 Å². The summed E-state index contributed by atoms with van der Waals surface area (Å²) in [6, 6.07) is -0.899. The molecule has 0 aliphatic carbocycles. The fourth-order valence-corrected chi connectivity index (χ4v) is 6.99. The van der Waals surface area contributed by atoms with Crippen LogP contribution in [0.4, 0.5) is 0 Å². The predicted molar refractivity (Wildman–Crippen MR) is 224 cm³/mol. The van der Waals surface area contributed by atoms with E-state index >= 15 is 0 Å². The first-order valence-electron chi connectivity index (χ1n) is 23.0. The van der Waals surface area contributed by atoms with Gasteiger partial charge in [-0.25, -0.2) is 0 Å². The first-order valence-corrected chi connectivity index (χ1v) is 23.0.